The molecule has 0 aliphatic carbocycles. The molecule has 0 bridgehead atoms. The van der Waals surface area contributed by atoms with Crippen LogP contribution in [0.5, 0.6) is 0 Å². The van der Waals surface area contributed by atoms with Crippen molar-refractivity contribution in [3.8, 4) is 0 Å². The lowest BCUT2D eigenvalue weighted by Crippen LogP contribution is -2.28. The van der Waals surface area contributed by atoms with Crippen LogP contribution >= 0.6 is 0 Å². The summed E-state index contributed by atoms with van der Waals surface area (Å²) in [5.41, 5.74) is 8.00. The Labute approximate surface area is 76.3 Å². The van der Waals surface area contributed by atoms with E-state index in [1.54, 1.807) is 17.9 Å². The van der Waals surface area contributed by atoms with Gasteiger partial charge in [-0.2, -0.15) is 0 Å². The fourth-order valence-corrected chi connectivity index (χ4v) is 0.935. The second-order valence-corrected chi connectivity index (χ2v) is 2.59. The molecule has 0 aromatic carbocycles. The van der Waals surface area contributed by atoms with Crippen molar-refractivity contribution in [3.05, 3.63) is 30.1 Å². The van der Waals surface area contributed by atoms with Crippen molar-refractivity contribution in [3.63, 3.8) is 0 Å². The number of hydroxylamine groups is 1. The van der Waals surface area contributed by atoms with E-state index in [2.05, 4.69) is 9.98 Å². The third-order valence-corrected chi connectivity index (χ3v) is 1.61. The Kier molecular flexibility index (Phi) is 3.22. The summed E-state index contributed by atoms with van der Waals surface area (Å²) in [7, 11) is 0. The summed E-state index contributed by atoms with van der Waals surface area (Å²) in [6.07, 6.45) is 3.40. The molecule has 5 nitrogen and oxygen atoms in total. The Morgan fingerprint density at radius 3 is 3.08 bits per heavy atom. The number of rotatable bonds is 2. The van der Waals surface area contributed by atoms with Crippen LogP contribution in [0.2, 0.25) is 0 Å². The third kappa shape index (κ3) is 2.72. The summed E-state index contributed by atoms with van der Waals surface area (Å²) in [6, 6.07) is 3.60. The number of nitrogens with two attached hydrogens (primary N) is 1. The zero-order chi connectivity index (χ0) is 9.68. The van der Waals surface area contributed by atoms with Gasteiger partial charge < -0.3 is 5.73 Å². The monoisotopic (exact) mass is 180 g/mol. The number of guanidine groups is 1. The second kappa shape index (κ2) is 4.42. The smallest absolute Gasteiger partial charge is 0.213 e. The fourth-order valence-electron chi connectivity index (χ4n) is 0.935. The van der Waals surface area contributed by atoms with Gasteiger partial charge >= 0.3 is 0 Å². The highest BCUT2D eigenvalue weighted by molar-refractivity contribution is 5.76. The summed E-state index contributed by atoms with van der Waals surface area (Å²) in [4.78, 5) is 7.90. The maximum atomic E-state index is 8.41. The van der Waals surface area contributed by atoms with Gasteiger partial charge in [-0.3, -0.25) is 10.2 Å². The zero-order valence-electron chi connectivity index (χ0n) is 7.31. The van der Waals surface area contributed by atoms with Crippen LogP contribution in [0.4, 0.5) is 0 Å². The molecule has 70 valence electrons. The lowest BCUT2D eigenvalue weighted by Gasteiger charge is -2.06. The first kappa shape index (κ1) is 9.47. The Morgan fingerprint density at radius 2 is 2.54 bits per heavy atom. The predicted octanol–water partition coefficient (Wildman–Crippen LogP) is 0.436. The van der Waals surface area contributed by atoms with Crippen molar-refractivity contribution in [1.29, 1.82) is 0 Å². The molecule has 1 heterocycles. The third-order valence-electron chi connectivity index (χ3n) is 1.61. The molecule has 0 aliphatic rings. The maximum absolute atomic E-state index is 8.41. The van der Waals surface area contributed by atoms with Crippen molar-refractivity contribution >= 4 is 5.96 Å². The van der Waals surface area contributed by atoms with Gasteiger partial charge in [0.2, 0.25) is 5.96 Å². The number of hydrogen-bond acceptors (Lipinski definition) is 3. The molecular formula is C8H12N4O. The molecule has 0 saturated heterocycles. The molecule has 4 N–H and O–H groups in total. The van der Waals surface area contributed by atoms with E-state index in [-0.39, 0.29) is 12.0 Å². The highest BCUT2D eigenvalue weighted by atomic mass is 16.5. The van der Waals surface area contributed by atoms with Crippen LogP contribution in [0, 0.1) is 0 Å². The van der Waals surface area contributed by atoms with Crippen molar-refractivity contribution in [2.45, 2.75) is 13.0 Å². The second-order valence-electron chi connectivity index (χ2n) is 2.59. The standard InChI is InChI=1S/C8H12N4O/c1-6(11-8(9)12-13)7-3-2-4-10-5-7/h2-6,13H,1H3,(H3,9,11,12). The number of pyridine rings is 1. The Bertz CT molecular complexity index is 285. The Balaban J connectivity index is 2.75. The highest BCUT2D eigenvalue weighted by Crippen LogP contribution is 2.13. The van der Waals surface area contributed by atoms with Crippen LogP contribution in [-0.4, -0.2) is 16.2 Å². The number of nitrogens with one attached hydrogen (secondary N) is 1. The van der Waals surface area contributed by atoms with Gasteiger partial charge in [0.1, 0.15) is 0 Å². The maximum Gasteiger partial charge on any atom is 0.213 e. The molecule has 0 spiro atoms. The molecule has 0 radical (unpaired) electrons. The van der Waals surface area contributed by atoms with Gasteiger partial charge in [-0.05, 0) is 18.6 Å². The van der Waals surface area contributed by atoms with Crippen LogP contribution in [0.3, 0.4) is 0 Å². The molecule has 1 aromatic heterocycles. The van der Waals surface area contributed by atoms with Crippen LogP contribution in [0.25, 0.3) is 0 Å². The average molecular weight is 180 g/mol. The van der Waals surface area contributed by atoms with Crippen molar-refractivity contribution < 1.29 is 5.21 Å². The van der Waals surface area contributed by atoms with E-state index in [0.717, 1.165) is 5.56 Å². The SMILES string of the molecule is CC(N=C(N)NO)c1cccnc1. The molecule has 5 heteroatoms. The zero-order valence-corrected chi connectivity index (χ0v) is 7.31. The molecule has 13 heavy (non-hydrogen) atoms. The molecule has 1 unspecified atom stereocenters. The summed E-state index contributed by atoms with van der Waals surface area (Å²) in [5.74, 6) is -0.00338. The molecule has 0 fully saturated rings. The number of hydrogen-bond donors (Lipinski definition) is 3. The van der Waals surface area contributed by atoms with Crippen molar-refractivity contribution in [2.24, 2.45) is 10.7 Å². The van der Waals surface area contributed by atoms with Crippen molar-refractivity contribution in [2.75, 3.05) is 0 Å². The molecule has 0 amide bonds. The molecule has 1 aromatic rings. The van der Waals surface area contributed by atoms with E-state index in [1.165, 1.54) is 0 Å². The van der Waals surface area contributed by atoms with Crippen LogP contribution in [0.1, 0.15) is 18.5 Å². The number of aliphatic imine (C=N–C) groups is 1. The van der Waals surface area contributed by atoms with Crippen LogP contribution in [0.15, 0.2) is 29.5 Å². The van der Waals surface area contributed by atoms with E-state index in [1.807, 2.05) is 19.1 Å². The minimum Gasteiger partial charge on any atom is -0.368 e. The van der Waals surface area contributed by atoms with Crippen LogP contribution in [-0.2, 0) is 0 Å². The van der Waals surface area contributed by atoms with E-state index in [4.69, 9.17) is 10.9 Å². The quantitative estimate of drug-likeness (QED) is 0.350. The largest absolute Gasteiger partial charge is 0.368 e. The fraction of sp³-hybridized carbons (Fsp3) is 0.250. The summed E-state index contributed by atoms with van der Waals surface area (Å²) in [6.45, 7) is 1.86. The van der Waals surface area contributed by atoms with Crippen molar-refractivity contribution in [1.82, 2.24) is 10.5 Å². The molecule has 1 atom stereocenters. The van der Waals surface area contributed by atoms with Gasteiger partial charge in [-0.15, -0.1) is 0 Å². The van der Waals surface area contributed by atoms with Gasteiger partial charge in [0.15, 0.2) is 0 Å². The molecular weight excluding hydrogens is 168 g/mol. The summed E-state index contributed by atoms with van der Waals surface area (Å²) in [5, 5.41) is 8.41. The van der Waals surface area contributed by atoms with Crippen LogP contribution < -0.4 is 11.2 Å². The Hall–Kier alpha value is -1.62. The number of nitrogens with zero attached hydrogens (tertiary/aromatic N) is 2. The number of aromatic nitrogens is 1. The first-order valence-electron chi connectivity index (χ1n) is 3.87. The minimum atomic E-state index is -0.117. The topological polar surface area (TPSA) is 83.5 Å². The molecule has 1 rings (SSSR count). The van der Waals surface area contributed by atoms with Gasteiger partial charge in [-0.1, -0.05) is 6.07 Å². The normalized spacial score (nSPS) is 13.8. The predicted molar refractivity (Wildman–Crippen MR) is 49.2 cm³/mol. The Morgan fingerprint density at radius 1 is 1.77 bits per heavy atom. The van der Waals surface area contributed by atoms with Gasteiger partial charge in [0.05, 0.1) is 6.04 Å². The average Bonchev–Trinajstić information content (AvgIpc) is 2.19. The first-order chi connectivity index (χ1) is 6.24. The lowest BCUT2D eigenvalue weighted by molar-refractivity contribution is 0.232. The first-order valence-corrected chi connectivity index (χ1v) is 3.87. The van der Waals surface area contributed by atoms with E-state index >= 15 is 0 Å². The van der Waals surface area contributed by atoms with Gasteiger partial charge in [0.25, 0.3) is 0 Å². The van der Waals surface area contributed by atoms with Gasteiger partial charge in [0, 0.05) is 12.4 Å². The highest BCUT2D eigenvalue weighted by Gasteiger charge is 2.02. The van der Waals surface area contributed by atoms with E-state index in [9.17, 15) is 0 Å². The van der Waals surface area contributed by atoms with E-state index in [0.29, 0.717) is 0 Å². The minimum absolute atomic E-state index is 0.00338. The lowest BCUT2D eigenvalue weighted by atomic mass is 10.1. The van der Waals surface area contributed by atoms with Gasteiger partial charge in [-0.25, -0.2) is 10.5 Å². The molecule has 0 aliphatic heterocycles. The van der Waals surface area contributed by atoms with E-state index < -0.39 is 0 Å². The summed E-state index contributed by atoms with van der Waals surface area (Å²) < 4.78 is 0. The summed E-state index contributed by atoms with van der Waals surface area (Å²) >= 11 is 0. The molecule has 0 saturated carbocycles.